The molecule has 8 heteroatoms. The van der Waals surface area contributed by atoms with Gasteiger partial charge in [0.15, 0.2) is 5.82 Å². The van der Waals surface area contributed by atoms with Crippen LogP contribution in [0.15, 0.2) is 48.5 Å². The molecule has 0 aliphatic carbocycles. The summed E-state index contributed by atoms with van der Waals surface area (Å²) >= 11 is 0. The summed E-state index contributed by atoms with van der Waals surface area (Å²) in [4.78, 5) is 29.9. The average Bonchev–Trinajstić information content (AvgIpc) is 3.29. The van der Waals surface area contributed by atoms with E-state index in [-0.39, 0.29) is 29.4 Å². The number of alkyl halides is 2. The zero-order valence-electron chi connectivity index (χ0n) is 14.8. The third-order valence-corrected chi connectivity index (χ3v) is 4.68. The Hall–Kier alpha value is -3.29. The molecule has 4 rings (SSSR count). The predicted octanol–water partition coefficient (Wildman–Crippen LogP) is 3.92. The SMILES string of the molecule is O=C(OCc1nc2ccccc2n1C(F)F)c1ccc(N2CCCC2=O)cc1. The molecular weight excluding hydrogens is 368 g/mol. The number of ether oxygens (including phenoxy) is 1. The molecule has 1 aliphatic heterocycles. The first-order valence-electron chi connectivity index (χ1n) is 8.86. The van der Waals surface area contributed by atoms with Crippen molar-refractivity contribution in [3.05, 3.63) is 59.9 Å². The Balaban J connectivity index is 1.48. The second kappa shape index (κ2) is 7.38. The van der Waals surface area contributed by atoms with Gasteiger partial charge in [0.1, 0.15) is 6.61 Å². The normalized spacial score (nSPS) is 14.2. The van der Waals surface area contributed by atoms with Crippen LogP contribution in [0.25, 0.3) is 11.0 Å². The van der Waals surface area contributed by atoms with Crippen molar-refractivity contribution in [3.8, 4) is 0 Å². The number of nitrogens with zero attached hydrogens (tertiary/aromatic N) is 3. The van der Waals surface area contributed by atoms with Gasteiger partial charge < -0.3 is 9.64 Å². The minimum atomic E-state index is -2.79. The summed E-state index contributed by atoms with van der Waals surface area (Å²) in [7, 11) is 0. The summed E-state index contributed by atoms with van der Waals surface area (Å²) in [6.07, 6.45) is 1.34. The maximum absolute atomic E-state index is 13.4. The number of para-hydroxylation sites is 2. The van der Waals surface area contributed by atoms with Crippen molar-refractivity contribution < 1.29 is 23.1 Å². The van der Waals surface area contributed by atoms with E-state index in [1.165, 1.54) is 6.07 Å². The van der Waals surface area contributed by atoms with E-state index in [9.17, 15) is 18.4 Å². The van der Waals surface area contributed by atoms with Crippen LogP contribution < -0.4 is 4.90 Å². The standard InChI is InChI=1S/C20H17F2N3O3/c21-20(22)25-16-5-2-1-4-15(16)23-17(25)12-28-19(27)13-7-9-14(10-8-13)24-11-3-6-18(24)26/h1-2,4-5,7-10,20H,3,6,11-12H2. The van der Waals surface area contributed by atoms with Crippen molar-refractivity contribution >= 4 is 28.6 Å². The topological polar surface area (TPSA) is 64.4 Å². The van der Waals surface area contributed by atoms with Crippen LogP contribution in [0.4, 0.5) is 14.5 Å². The molecule has 0 radical (unpaired) electrons. The fourth-order valence-corrected chi connectivity index (χ4v) is 3.33. The van der Waals surface area contributed by atoms with E-state index in [0.29, 0.717) is 18.5 Å². The lowest BCUT2D eigenvalue weighted by molar-refractivity contribution is -0.117. The number of carbonyl (C=O) groups is 2. The molecule has 28 heavy (non-hydrogen) atoms. The zero-order valence-corrected chi connectivity index (χ0v) is 14.8. The molecule has 1 amide bonds. The number of hydrogen-bond acceptors (Lipinski definition) is 4. The smallest absolute Gasteiger partial charge is 0.338 e. The number of anilines is 1. The van der Waals surface area contributed by atoms with E-state index in [1.54, 1.807) is 47.4 Å². The summed E-state index contributed by atoms with van der Waals surface area (Å²) in [6.45, 7) is -2.50. The van der Waals surface area contributed by atoms with E-state index in [4.69, 9.17) is 4.74 Å². The molecule has 1 aromatic heterocycles. The van der Waals surface area contributed by atoms with E-state index in [0.717, 1.165) is 16.7 Å². The summed E-state index contributed by atoms with van der Waals surface area (Å²) in [5.41, 5.74) is 1.69. The number of esters is 1. The number of amides is 1. The van der Waals surface area contributed by atoms with Gasteiger partial charge in [-0.15, -0.1) is 0 Å². The van der Waals surface area contributed by atoms with Crippen LogP contribution in [0, 0.1) is 0 Å². The Morgan fingerprint density at radius 3 is 2.57 bits per heavy atom. The number of aromatic nitrogens is 2. The van der Waals surface area contributed by atoms with Crippen LogP contribution in [0.1, 0.15) is 35.6 Å². The zero-order chi connectivity index (χ0) is 19.7. The molecule has 1 aliphatic rings. The Kier molecular flexibility index (Phi) is 4.77. The fourth-order valence-electron chi connectivity index (χ4n) is 3.33. The Bertz CT molecular complexity index is 1030. The van der Waals surface area contributed by atoms with E-state index >= 15 is 0 Å². The van der Waals surface area contributed by atoms with E-state index in [2.05, 4.69) is 4.98 Å². The highest BCUT2D eigenvalue weighted by Gasteiger charge is 2.22. The quantitative estimate of drug-likeness (QED) is 0.625. The predicted molar refractivity (Wildman–Crippen MR) is 98.1 cm³/mol. The first kappa shape index (κ1) is 18.1. The average molecular weight is 385 g/mol. The van der Waals surface area contributed by atoms with Gasteiger partial charge in [-0.05, 0) is 42.8 Å². The minimum absolute atomic E-state index is 0.0242. The molecule has 0 unspecified atom stereocenters. The molecule has 0 N–H and O–H groups in total. The van der Waals surface area contributed by atoms with Crippen molar-refractivity contribution in [1.82, 2.24) is 9.55 Å². The lowest BCUT2D eigenvalue weighted by atomic mass is 10.2. The van der Waals surface area contributed by atoms with Gasteiger partial charge in [-0.2, -0.15) is 8.78 Å². The largest absolute Gasteiger partial charge is 0.454 e. The maximum Gasteiger partial charge on any atom is 0.338 e. The van der Waals surface area contributed by atoms with Crippen molar-refractivity contribution in [2.24, 2.45) is 0 Å². The summed E-state index contributed by atoms with van der Waals surface area (Å²) in [5, 5.41) is 0. The van der Waals surface area contributed by atoms with Crippen LogP contribution in [-0.2, 0) is 16.1 Å². The molecular formula is C20H17F2N3O3. The Labute approximate surface area is 159 Å². The second-order valence-electron chi connectivity index (χ2n) is 6.44. The summed E-state index contributed by atoms with van der Waals surface area (Å²) < 4.78 is 32.8. The molecule has 3 aromatic rings. The van der Waals surface area contributed by atoms with Gasteiger partial charge in [0, 0.05) is 18.7 Å². The maximum atomic E-state index is 13.4. The van der Waals surface area contributed by atoms with E-state index in [1.807, 2.05) is 0 Å². The molecule has 6 nitrogen and oxygen atoms in total. The van der Waals surface area contributed by atoms with Crippen LogP contribution in [-0.4, -0.2) is 28.0 Å². The molecule has 1 fully saturated rings. The van der Waals surface area contributed by atoms with Gasteiger partial charge in [0.25, 0.3) is 0 Å². The number of rotatable bonds is 5. The molecule has 0 bridgehead atoms. The van der Waals surface area contributed by atoms with E-state index < -0.39 is 12.5 Å². The minimum Gasteiger partial charge on any atom is -0.454 e. The van der Waals surface area contributed by atoms with Crippen molar-refractivity contribution in [2.75, 3.05) is 11.4 Å². The molecule has 0 spiro atoms. The van der Waals surface area contributed by atoms with Gasteiger partial charge in [-0.3, -0.25) is 9.36 Å². The van der Waals surface area contributed by atoms with Crippen LogP contribution >= 0.6 is 0 Å². The molecule has 2 aromatic carbocycles. The highest BCUT2D eigenvalue weighted by atomic mass is 19.3. The Morgan fingerprint density at radius 1 is 1.14 bits per heavy atom. The lowest BCUT2D eigenvalue weighted by Crippen LogP contribution is -2.23. The molecule has 144 valence electrons. The van der Waals surface area contributed by atoms with Crippen LogP contribution in [0.2, 0.25) is 0 Å². The monoisotopic (exact) mass is 385 g/mol. The Morgan fingerprint density at radius 2 is 1.89 bits per heavy atom. The third kappa shape index (κ3) is 3.33. The highest BCUT2D eigenvalue weighted by molar-refractivity contribution is 5.96. The molecule has 1 saturated heterocycles. The summed E-state index contributed by atoms with van der Waals surface area (Å²) in [6, 6.07) is 13.0. The van der Waals surface area contributed by atoms with Gasteiger partial charge in [-0.25, -0.2) is 9.78 Å². The fraction of sp³-hybridized carbons (Fsp3) is 0.250. The lowest BCUT2D eigenvalue weighted by Gasteiger charge is -2.15. The van der Waals surface area contributed by atoms with Gasteiger partial charge in [-0.1, -0.05) is 12.1 Å². The first-order valence-corrected chi connectivity index (χ1v) is 8.86. The van der Waals surface area contributed by atoms with Crippen LogP contribution in [0.3, 0.4) is 0 Å². The third-order valence-electron chi connectivity index (χ3n) is 4.68. The van der Waals surface area contributed by atoms with Gasteiger partial charge in [0.05, 0.1) is 16.6 Å². The van der Waals surface area contributed by atoms with Crippen molar-refractivity contribution in [1.29, 1.82) is 0 Å². The highest BCUT2D eigenvalue weighted by Crippen LogP contribution is 2.24. The van der Waals surface area contributed by atoms with Crippen LogP contribution in [0.5, 0.6) is 0 Å². The summed E-state index contributed by atoms with van der Waals surface area (Å²) in [5.74, 6) is -0.614. The number of hydrogen-bond donors (Lipinski definition) is 0. The van der Waals surface area contributed by atoms with Crippen molar-refractivity contribution in [3.63, 3.8) is 0 Å². The first-order chi connectivity index (χ1) is 13.5. The molecule has 2 heterocycles. The number of benzene rings is 2. The molecule has 0 atom stereocenters. The number of fused-ring (bicyclic) bond motifs is 1. The number of imidazole rings is 1. The second-order valence-corrected chi connectivity index (χ2v) is 6.44. The van der Waals surface area contributed by atoms with Crippen molar-refractivity contribution in [2.45, 2.75) is 26.0 Å². The van der Waals surface area contributed by atoms with Gasteiger partial charge >= 0.3 is 12.5 Å². The number of carbonyl (C=O) groups excluding carboxylic acids is 2. The molecule has 0 saturated carbocycles. The van der Waals surface area contributed by atoms with Gasteiger partial charge in [0.2, 0.25) is 5.91 Å². The number of halogens is 2.